The van der Waals surface area contributed by atoms with Gasteiger partial charge in [0.05, 0.1) is 0 Å². The summed E-state index contributed by atoms with van der Waals surface area (Å²) >= 11 is 5.00. The summed E-state index contributed by atoms with van der Waals surface area (Å²) in [5.41, 5.74) is 0. The maximum Gasteiger partial charge on any atom is 0.692 e. The van der Waals surface area contributed by atoms with Crippen molar-refractivity contribution in [2.24, 2.45) is 0 Å². The molecule has 0 radical (unpaired) electrons. The molecule has 0 rings (SSSR count). The van der Waals surface area contributed by atoms with Gasteiger partial charge in [-0.2, -0.15) is 0 Å². The van der Waals surface area contributed by atoms with E-state index in [1.165, 1.54) is 0 Å². The zero-order chi connectivity index (χ0) is 6.28. The molecular formula is C2H9Cl3O3P+. The fourth-order valence-corrected chi connectivity index (χ4v) is 0. The summed E-state index contributed by atoms with van der Waals surface area (Å²) in [4.78, 5) is 14.2. The van der Waals surface area contributed by atoms with Gasteiger partial charge in [-0.05, 0) is 0 Å². The molecule has 7 heteroatoms. The molecule has 0 aliphatic carbocycles. The Hall–Kier alpha value is 0.890. The number of hydrogen-bond acceptors (Lipinski definition) is 1. The highest BCUT2D eigenvalue weighted by molar-refractivity contribution is 7.30. The van der Waals surface area contributed by atoms with Crippen LogP contribution in [0.4, 0.5) is 0 Å². The van der Waals surface area contributed by atoms with Gasteiger partial charge in [0.1, 0.15) is 0 Å². The molecule has 0 heterocycles. The van der Waals surface area contributed by atoms with Crippen LogP contribution in [-0.4, -0.2) is 15.7 Å². The highest BCUT2D eigenvalue weighted by Crippen LogP contribution is 1.98. The van der Waals surface area contributed by atoms with Gasteiger partial charge in [-0.15, -0.1) is 46.2 Å². The van der Waals surface area contributed by atoms with Gasteiger partial charge in [0.25, 0.3) is 0 Å². The third-order valence-corrected chi connectivity index (χ3v) is 0. The molecule has 0 bridgehead atoms. The van der Waals surface area contributed by atoms with E-state index in [4.69, 9.17) is 26.0 Å². The second-order valence-electron chi connectivity index (χ2n) is 0.520. The summed E-state index contributed by atoms with van der Waals surface area (Å²) in [6.07, 6.45) is 0. The summed E-state index contributed by atoms with van der Waals surface area (Å²) in [7, 11) is -2.87. The van der Waals surface area contributed by atoms with E-state index < -0.39 is 8.25 Å². The van der Waals surface area contributed by atoms with E-state index in [0.717, 1.165) is 5.88 Å². The fraction of sp³-hybridized carbons (Fsp3) is 1.00. The summed E-state index contributed by atoms with van der Waals surface area (Å²) in [6, 6.07) is 0. The van der Waals surface area contributed by atoms with E-state index in [1.807, 2.05) is 6.92 Å². The molecule has 3 nitrogen and oxygen atoms in total. The van der Waals surface area contributed by atoms with Crippen molar-refractivity contribution in [2.75, 3.05) is 5.88 Å². The summed E-state index contributed by atoms with van der Waals surface area (Å²) < 4.78 is 8.70. The van der Waals surface area contributed by atoms with Gasteiger partial charge >= 0.3 is 8.25 Å². The quantitative estimate of drug-likeness (QED) is 0.481. The Morgan fingerprint density at radius 2 is 1.44 bits per heavy atom. The van der Waals surface area contributed by atoms with Crippen molar-refractivity contribution in [2.45, 2.75) is 6.92 Å². The van der Waals surface area contributed by atoms with Gasteiger partial charge in [0, 0.05) is 10.4 Å². The summed E-state index contributed by atoms with van der Waals surface area (Å²) in [6.45, 7) is 1.89. The minimum atomic E-state index is -2.87. The van der Waals surface area contributed by atoms with Crippen LogP contribution in [0.15, 0.2) is 0 Å². The average molecular weight is 218 g/mol. The SMILES string of the molecule is CCCl.Cl.Cl.O=[P+](O)O. The van der Waals surface area contributed by atoms with E-state index in [2.05, 4.69) is 0 Å². The van der Waals surface area contributed by atoms with Crippen LogP contribution < -0.4 is 0 Å². The Bertz CT molecular complexity index is 48.3. The maximum atomic E-state index is 8.70. The van der Waals surface area contributed by atoms with Crippen molar-refractivity contribution in [1.29, 1.82) is 0 Å². The second-order valence-corrected chi connectivity index (χ2v) is 1.56. The van der Waals surface area contributed by atoms with Gasteiger partial charge in [-0.1, -0.05) is 6.92 Å². The lowest BCUT2D eigenvalue weighted by Crippen LogP contribution is -1.38. The first-order valence-electron chi connectivity index (χ1n) is 1.56. The smallest absolute Gasteiger partial charge is 0.147 e. The minimum absolute atomic E-state index is 0. The molecule has 0 saturated carbocycles. The van der Waals surface area contributed by atoms with Gasteiger partial charge in [-0.25, -0.2) is 0 Å². The van der Waals surface area contributed by atoms with Gasteiger partial charge in [-0.3, -0.25) is 0 Å². The Morgan fingerprint density at radius 3 is 1.44 bits per heavy atom. The first kappa shape index (κ1) is 22.5. The zero-order valence-electron chi connectivity index (χ0n) is 4.65. The second kappa shape index (κ2) is 23.1. The molecular weight excluding hydrogens is 209 g/mol. The lowest BCUT2D eigenvalue weighted by Gasteiger charge is -1.45. The Labute approximate surface area is 72.2 Å². The molecule has 0 aromatic carbocycles. The van der Waals surface area contributed by atoms with Crippen LogP contribution in [0.1, 0.15) is 6.92 Å². The average Bonchev–Trinajstić information content (AvgIpc) is 1.33. The highest BCUT2D eigenvalue weighted by Gasteiger charge is 1.93. The molecule has 0 unspecified atom stereocenters. The van der Waals surface area contributed by atoms with E-state index in [1.54, 1.807) is 0 Å². The summed E-state index contributed by atoms with van der Waals surface area (Å²) in [5, 5.41) is 0. The number of rotatable bonds is 0. The van der Waals surface area contributed by atoms with Crippen LogP contribution in [0.3, 0.4) is 0 Å². The van der Waals surface area contributed by atoms with Crippen LogP contribution in [0.25, 0.3) is 0 Å². The Balaban J connectivity index is -0.0000000233. The van der Waals surface area contributed by atoms with Crippen LogP contribution in [0.2, 0.25) is 0 Å². The lowest BCUT2D eigenvalue weighted by molar-refractivity contribution is 0.405. The molecule has 60 valence electrons. The molecule has 9 heavy (non-hydrogen) atoms. The molecule has 2 N–H and O–H groups in total. The molecule has 0 spiro atoms. The Morgan fingerprint density at radius 1 is 1.44 bits per heavy atom. The Kier molecular flexibility index (Phi) is 57.9. The fourth-order valence-electron chi connectivity index (χ4n) is 0. The largest absolute Gasteiger partial charge is 0.692 e. The molecule has 0 aromatic heterocycles. The molecule has 0 fully saturated rings. The number of halogens is 3. The predicted octanol–water partition coefficient (Wildman–Crippen LogP) is 1.72. The predicted molar refractivity (Wildman–Crippen MR) is 42.9 cm³/mol. The third kappa shape index (κ3) is 533. The van der Waals surface area contributed by atoms with Gasteiger partial charge in [0.15, 0.2) is 0 Å². The first-order chi connectivity index (χ1) is 3.15. The van der Waals surface area contributed by atoms with Crippen LogP contribution >= 0.6 is 44.7 Å². The molecule has 0 saturated heterocycles. The number of hydrogen-bond donors (Lipinski definition) is 2. The summed E-state index contributed by atoms with van der Waals surface area (Å²) in [5.74, 6) is 0.722. The van der Waals surface area contributed by atoms with Gasteiger partial charge in [0.2, 0.25) is 0 Å². The van der Waals surface area contributed by atoms with E-state index >= 15 is 0 Å². The van der Waals surface area contributed by atoms with E-state index in [9.17, 15) is 0 Å². The van der Waals surface area contributed by atoms with Crippen molar-refractivity contribution in [1.82, 2.24) is 0 Å². The zero-order valence-corrected chi connectivity index (χ0v) is 7.93. The van der Waals surface area contributed by atoms with Crippen molar-refractivity contribution in [3.63, 3.8) is 0 Å². The highest BCUT2D eigenvalue weighted by atomic mass is 35.5. The van der Waals surface area contributed by atoms with E-state index in [0.29, 0.717) is 0 Å². The molecule has 0 aliphatic rings. The van der Waals surface area contributed by atoms with E-state index in [-0.39, 0.29) is 24.8 Å². The normalized spacial score (nSPS) is 4.89. The van der Waals surface area contributed by atoms with Gasteiger partial charge < -0.3 is 0 Å². The maximum absolute atomic E-state index is 8.70. The van der Waals surface area contributed by atoms with Crippen molar-refractivity contribution >= 4 is 44.7 Å². The topological polar surface area (TPSA) is 57.5 Å². The van der Waals surface area contributed by atoms with Crippen molar-refractivity contribution < 1.29 is 14.4 Å². The molecule has 0 aromatic rings. The van der Waals surface area contributed by atoms with Crippen molar-refractivity contribution in [3.05, 3.63) is 0 Å². The van der Waals surface area contributed by atoms with Crippen LogP contribution in [-0.2, 0) is 4.57 Å². The third-order valence-electron chi connectivity index (χ3n) is 0. The number of alkyl halides is 1. The van der Waals surface area contributed by atoms with Crippen molar-refractivity contribution in [3.8, 4) is 0 Å². The standard InChI is InChI=1S/C2H5Cl.2ClH.HO3P/c1-2-3;;;1-4(2)3/h2H2,1H3;2*1H;(H-,1,2,3)/p+1. The minimum Gasteiger partial charge on any atom is -0.147 e. The lowest BCUT2D eigenvalue weighted by atomic mass is 11.0. The van der Waals surface area contributed by atoms with Crippen LogP contribution in [0.5, 0.6) is 0 Å². The van der Waals surface area contributed by atoms with Crippen LogP contribution in [0, 0.1) is 0 Å². The monoisotopic (exact) mass is 217 g/mol. The first-order valence-corrected chi connectivity index (χ1v) is 3.26. The molecule has 0 atom stereocenters. The molecule has 0 amide bonds. The molecule has 0 aliphatic heterocycles.